The maximum Gasteiger partial charge on any atom is 0.305 e. The standard InChI is InChI=1S/C15H18N2O3S/c1-9-6-10(2)8-11(7-9)17-14(19)12(16-15(17)21)4-5-13(18)20-3/h6-8,12H,4-5H2,1-3H3,(H,16,21)/t12-/m1/s1. The predicted molar refractivity (Wildman–Crippen MR) is 84.2 cm³/mol. The number of amides is 1. The summed E-state index contributed by atoms with van der Waals surface area (Å²) >= 11 is 5.25. The van der Waals surface area contributed by atoms with Gasteiger partial charge in [-0.15, -0.1) is 0 Å². The largest absolute Gasteiger partial charge is 0.469 e. The van der Waals surface area contributed by atoms with E-state index in [4.69, 9.17) is 12.2 Å². The Kier molecular flexibility index (Phi) is 4.57. The van der Waals surface area contributed by atoms with Crippen LogP contribution in [0, 0.1) is 13.8 Å². The minimum atomic E-state index is -0.475. The molecule has 112 valence electrons. The molecule has 0 saturated carbocycles. The first-order valence-corrected chi connectivity index (χ1v) is 7.13. The van der Waals surface area contributed by atoms with Gasteiger partial charge in [0.2, 0.25) is 0 Å². The van der Waals surface area contributed by atoms with Gasteiger partial charge in [-0.1, -0.05) is 6.07 Å². The van der Waals surface area contributed by atoms with Crippen molar-refractivity contribution in [3.05, 3.63) is 29.3 Å². The van der Waals surface area contributed by atoms with Gasteiger partial charge in [0, 0.05) is 6.42 Å². The van der Waals surface area contributed by atoms with Crippen molar-refractivity contribution in [1.29, 1.82) is 0 Å². The lowest BCUT2D eigenvalue weighted by Gasteiger charge is -2.16. The molecule has 1 fully saturated rings. The van der Waals surface area contributed by atoms with E-state index in [2.05, 4.69) is 10.1 Å². The van der Waals surface area contributed by atoms with Gasteiger partial charge in [-0.05, 0) is 55.7 Å². The Morgan fingerprint density at radius 3 is 2.52 bits per heavy atom. The number of aryl methyl sites for hydroxylation is 2. The minimum absolute atomic E-state index is 0.131. The monoisotopic (exact) mass is 306 g/mol. The van der Waals surface area contributed by atoms with Crippen molar-refractivity contribution >= 4 is 34.9 Å². The quantitative estimate of drug-likeness (QED) is 0.679. The number of nitrogens with one attached hydrogen (secondary N) is 1. The normalized spacial score (nSPS) is 17.9. The Bertz CT molecular complexity index is 580. The molecule has 6 heteroatoms. The first kappa shape index (κ1) is 15.4. The van der Waals surface area contributed by atoms with Gasteiger partial charge in [0.25, 0.3) is 5.91 Å². The van der Waals surface area contributed by atoms with Crippen molar-refractivity contribution in [2.45, 2.75) is 32.7 Å². The summed E-state index contributed by atoms with van der Waals surface area (Å²) in [7, 11) is 1.33. The third-order valence-corrected chi connectivity index (χ3v) is 3.65. The number of carbonyl (C=O) groups is 2. The van der Waals surface area contributed by atoms with Crippen molar-refractivity contribution in [1.82, 2.24) is 5.32 Å². The second-order valence-electron chi connectivity index (χ2n) is 5.14. The highest BCUT2D eigenvalue weighted by Gasteiger charge is 2.36. The van der Waals surface area contributed by atoms with E-state index in [0.717, 1.165) is 16.8 Å². The van der Waals surface area contributed by atoms with Gasteiger partial charge in [-0.25, -0.2) is 0 Å². The van der Waals surface area contributed by atoms with Gasteiger partial charge in [0.15, 0.2) is 5.11 Å². The van der Waals surface area contributed by atoms with Crippen LogP contribution in [0.5, 0.6) is 0 Å². The number of benzene rings is 1. The second-order valence-corrected chi connectivity index (χ2v) is 5.52. The van der Waals surface area contributed by atoms with Crippen molar-refractivity contribution in [3.8, 4) is 0 Å². The fraction of sp³-hybridized carbons (Fsp3) is 0.400. The maximum absolute atomic E-state index is 12.5. The van der Waals surface area contributed by atoms with Crippen LogP contribution in [0.2, 0.25) is 0 Å². The molecule has 0 aromatic heterocycles. The van der Waals surface area contributed by atoms with E-state index in [1.54, 1.807) is 0 Å². The molecule has 0 spiro atoms. The van der Waals surface area contributed by atoms with Gasteiger partial charge >= 0.3 is 5.97 Å². The number of esters is 1. The molecular formula is C15H18N2O3S. The summed E-state index contributed by atoms with van der Waals surface area (Å²) in [6.07, 6.45) is 0.552. The zero-order valence-electron chi connectivity index (χ0n) is 12.3. The number of anilines is 1. The molecule has 1 saturated heterocycles. The highest BCUT2D eigenvalue weighted by molar-refractivity contribution is 7.80. The minimum Gasteiger partial charge on any atom is -0.469 e. The number of nitrogens with zero attached hydrogens (tertiary/aromatic N) is 1. The average molecular weight is 306 g/mol. The molecule has 0 unspecified atom stereocenters. The Labute approximate surface area is 129 Å². The van der Waals surface area contributed by atoms with Crippen molar-refractivity contribution in [2.24, 2.45) is 0 Å². The molecule has 1 aliphatic rings. The van der Waals surface area contributed by atoms with Crippen molar-refractivity contribution in [3.63, 3.8) is 0 Å². The lowest BCUT2D eigenvalue weighted by Crippen LogP contribution is -2.31. The van der Waals surface area contributed by atoms with E-state index >= 15 is 0 Å². The predicted octanol–water partition coefficient (Wildman–Crippen LogP) is 1.85. The van der Waals surface area contributed by atoms with Crippen molar-refractivity contribution in [2.75, 3.05) is 12.0 Å². The van der Waals surface area contributed by atoms with Crippen LogP contribution < -0.4 is 10.2 Å². The summed E-state index contributed by atoms with van der Waals surface area (Å²) in [5.41, 5.74) is 2.90. The molecular weight excluding hydrogens is 288 g/mol. The molecule has 0 bridgehead atoms. The Balaban J connectivity index is 2.16. The highest BCUT2D eigenvalue weighted by Crippen LogP contribution is 2.24. The second kappa shape index (κ2) is 6.22. The molecule has 1 atom stereocenters. The molecule has 1 amide bonds. The fourth-order valence-electron chi connectivity index (χ4n) is 2.42. The summed E-state index contributed by atoms with van der Waals surface area (Å²) < 4.78 is 4.59. The van der Waals surface area contributed by atoms with Crippen LogP contribution in [0.25, 0.3) is 0 Å². The molecule has 5 nitrogen and oxygen atoms in total. The third kappa shape index (κ3) is 3.39. The number of ether oxygens (including phenoxy) is 1. The van der Waals surface area contributed by atoms with E-state index in [1.165, 1.54) is 12.0 Å². The number of methoxy groups -OCH3 is 1. The van der Waals surface area contributed by atoms with Crippen LogP contribution in [0.1, 0.15) is 24.0 Å². The van der Waals surface area contributed by atoms with Crippen LogP contribution in [-0.2, 0) is 14.3 Å². The highest BCUT2D eigenvalue weighted by atomic mass is 32.1. The van der Waals surface area contributed by atoms with E-state index in [1.807, 2.05) is 32.0 Å². The van der Waals surface area contributed by atoms with Crippen LogP contribution in [0.15, 0.2) is 18.2 Å². The smallest absolute Gasteiger partial charge is 0.305 e. The Morgan fingerprint density at radius 1 is 1.33 bits per heavy atom. The third-order valence-electron chi connectivity index (χ3n) is 3.35. The van der Waals surface area contributed by atoms with Gasteiger partial charge in [-0.3, -0.25) is 14.5 Å². The van der Waals surface area contributed by atoms with Gasteiger partial charge in [-0.2, -0.15) is 0 Å². The maximum atomic E-state index is 12.5. The lowest BCUT2D eigenvalue weighted by atomic mass is 10.1. The van der Waals surface area contributed by atoms with Crippen LogP contribution >= 0.6 is 12.2 Å². The zero-order valence-corrected chi connectivity index (χ0v) is 13.1. The summed E-state index contributed by atoms with van der Waals surface area (Å²) in [5, 5.41) is 3.35. The number of rotatable bonds is 4. The van der Waals surface area contributed by atoms with Crippen LogP contribution in [0.4, 0.5) is 5.69 Å². The van der Waals surface area contributed by atoms with Gasteiger partial charge in [0.1, 0.15) is 6.04 Å². The first-order valence-electron chi connectivity index (χ1n) is 6.72. The summed E-state index contributed by atoms with van der Waals surface area (Å²) in [4.78, 5) is 25.2. The number of thiocarbonyl (C=S) groups is 1. The number of hydrogen-bond donors (Lipinski definition) is 1. The van der Waals surface area contributed by atoms with Gasteiger partial charge in [0.05, 0.1) is 12.8 Å². The number of hydrogen-bond acceptors (Lipinski definition) is 4. The topological polar surface area (TPSA) is 58.6 Å². The average Bonchev–Trinajstić information content (AvgIpc) is 2.69. The van der Waals surface area contributed by atoms with Crippen molar-refractivity contribution < 1.29 is 14.3 Å². The fourth-order valence-corrected chi connectivity index (χ4v) is 2.75. The molecule has 1 aliphatic heterocycles. The molecule has 21 heavy (non-hydrogen) atoms. The summed E-state index contributed by atoms with van der Waals surface area (Å²) in [6, 6.07) is 5.40. The molecule has 1 aromatic rings. The summed E-state index contributed by atoms with van der Waals surface area (Å²) in [5.74, 6) is -0.464. The SMILES string of the molecule is COC(=O)CC[C@H]1NC(=S)N(c2cc(C)cc(C)c2)C1=O. The molecule has 1 aromatic carbocycles. The summed E-state index contributed by atoms with van der Waals surface area (Å²) in [6.45, 7) is 3.95. The van der Waals surface area contributed by atoms with Crippen LogP contribution in [0.3, 0.4) is 0 Å². The Hall–Kier alpha value is -1.95. The zero-order chi connectivity index (χ0) is 15.6. The number of carbonyl (C=O) groups excluding carboxylic acids is 2. The molecule has 0 radical (unpaired) electrons. The van der Waals surface area contributed by atoms with E-state index in [-0.39, 0.29) is 18.3 Å². The van der Waals surface area contributed by atoms with E-state index in [0.29, 0.717) is 11.5 Å². The molecule has 0 aliphatic carbocycles. The van der Waals surface area contributed by atoms with E-state index < -0.39 is 6.04 Å². The van der Waals surface area contributed by atoms with Crippen LogP contribution in [-0.4, -0.2) is 30.1 Å². The first-order chi connectivity index (χ1) is 9.92. The molecule has 1 heterocycles. The van der Waals surface area contributed by atoms with E-state index in [9.17, 15) is 9.59 Å². The lowest BCUT2D eigenvalue weighted by molar-refractivity contribution is -0.140. The Morgan fingerprint density at radius 2 is 1.95 bits per heavy atom. The molecule has 2 rings (SSSR count). The molecule has 1 N–H and O–H groups in total. The van der Waals surface area contributed by atoms with Gasteiger partial charge < -0.3 is 10.1 Å².